The fraction of sp³-hybridized carbons (Fsp3) is 0.364. The topological polar surface area (TPSA) is 52.0 Å². The van der Waals surface area contributed by atoms with Crippen LogP contribution in [0.2, 0.25) is 0 Å². The quantitative estimate of drug-likeness (QED) is 0.491. The zero-order chi connectivity index (χ0) is 19.2. The van der Waals surface area contributed by atoms with Gasteiger partial charge in [-0.15, -0.1) is 11.3 Å². The number of hydrogen-bond donors (Lipinski definition) is 0. The minimum absolute atomic E-state index is 0.545. The normalized spacial score (nSPS) is 16.1. The molecule has 0 amide bonds. The highest BCUT2D eigenvalue weighted by Crippen LogP contribution is 2.24. The van der Waals surface area contributed by atoms with E-state index in [-0.39, 0.29) is 0 Å². The molecule has 146 valence electrons. The van der Waals surface area contributed by atoms with E-state index in [0.717, 1.165) is 27.7 Å². The smallest absolute Gasteiger partial charge is 0.211 e. The van der Waals surface area contributed by atoms with Crippen LogP contribution in [0, 0.1) is 5.92 Å². The van der Waals surface area contributed by atoms with Crippen LogP contribution in [0.3, 0.4) is 0 Å². The van der Waals surface area contributed by atoms with Crippen molar-refractivity contribution in [2.75, 3.05) is 6.61 Å². The van der Waals surface area contributed by atoms with Crippen LogP contribution < -0.4 is 9.54 Å². The summed E-state index contributed by atoms with van der Waals surface area (Å²) in [7, 11) is 0. The molecule has 1 aliphatic rings. The van der Waals surface area contributed by atoms with Gasteiger partial charge in [-0.2, -0.15) is 5.10 Å². The minimum atomic E-state index is 0.545. The van der Waals surface area contributed by atoms with Crippen molar-refractivity contribution >= 4 is 23.2 Å². The molecule has 4 rings (SSSR count). The van der Waals surface area contributed by atoms with Crippen LogP contribution in [0.5, 0.6) is 5.75 Å². The molecule has 0 saturated heterocycles. The Kier molecular flexibility index (Phi) is 6.07. The Balaban J connectivity index is 1.69. The first-order valence-electron chi connectivity index (χ1n) is 9.90. The molecule has 1 aliphatic carbocycles. The molecule has 0 atom stereocenters. The first-order valence-corrected chi connectivity index (χ1v) is 10.8. The van der Waals surface area contributed by atoms with Gasteiger partial charge in [0.15, 0.2) is 5.76 Å². The van der Waals surface area contributed by atoms with E-state index in [1.165, 1.54) is 32.1 Å². The van der Waals surface area contributed by atoms with Crippen molar-refractivity contribution in [3.05, 3.63) is 52.8 Å². The Morgan fingerprint density at radius 3 is 2.71 bits per heavy atom. The van der Waals surface area contributed by atoms with Crippen molar-refractivity contribution in [1.82, 2.24) is 4.68 Å². The maximum atomic E-state index is 5.61. The van der Waals surface area contributed by atoms with Gasteiger partial charge in [-0.1, -0.05) is 19.3 Å². The third-order valence-electron chi connectivity index (χ3n) is 4.87. The number of benzene rings is 1. The van der Waals surface area contributed by atoms with Gasteiger partial charge in [0, 0.05) is 11.6 Å². The first-order chi connectivity index (χ1) is 13.8. The molecule has 0 spiro atoms. The summed E-state index contributed by atoms with van der Waals surface area (Å²) in [5, 5.41) is 6.86. The highest BCUT2D eigenvalue weighted by Gasteiger charge is 2.13. The molecular weight excluding hydrogens is 370 g/mol. The van der Waals surface area contributed by atoms with Gasteiger partial charge in [0.2, 0.25) is 4.80 Å². The summed E-state index contributed by atoms with van der Waals surface area (Å²) >= 11 is 1.56. The molecule has 5 nitrogen and oxygen atoms in total. The summed E-state index contributed by atoms with van der Waals surface area (Å²) in [6.45, 7) is 2.64. The third-order valence-corrected chi connectivity index (χ3v) is 5.69. The molecule has 0 aliphatic heterocycles. The Morgan fingerprint density at radius 1 is 1.18 bits per heavy atom. The zero-order valence-corrected chi connectivity index (χ0v) is 16.9. The molecule has 3 aromatic rings. The molecule has 1 fully saturated rings. The van der Waals surface area contributed by atoms with Crippen molar-refractivity contribution in [3.8, 4) is 17.2 Å². The maximum Gasteiger partial charge on any atom is 0.211 e. The van der Waals surface area contributed by atoms with Crippen molar-refractivity contribution in [1.29, 1.82) is 0 Å². The van der Waals surface area contributed by atoms with E-state index < -0.39 is 0 Å². The van der Waals surface area contributed by atoms with E-state index in [1.54, 1.807) is 17.6 Å². The zero-order valence-electron chi connectivity index (χ0n) is 16.1. The maximum absolute atomic E-state index is 5.61. The molecule has 2 heterocycles. The van der Waals surface area contributed by atoms with Crippen LogP contribution >= 0.6 is 11.3 Å². The van der Waals surface area contributed by atoms with E-state index in [1.807, 2.05) is 53.4 Å². The fourth-order valence-corrected chi connectivity index (χ4v) is 4.26. The summed E-state index contributed by atoms with van der Waals surface area (Å²) in [6.07, 6.45) is 10.1. The number of thiazole rings is 1. The highest BCUT2D eigenvalue weighted by atomic mass is 32.1. The van der Waals surface area contributed by atoms with Gasteiger partial charge in [0.25, 0.3) is 0 Å². The Labute approximate surface area is 169 Å². The first kappa shape index (κ1) is 18.7. The Morgan fingerprint density at radius 2 is 2.00 bits per heavy atom. The number of ether oxygens (including phenoxy) is 1. The van der Waals surface area contributed by atoms with E-state index in [9.17, 15) is 0 Å². The molecule has 0 N–H and O–H groups in total. The van der Waals surface area contributed by atoms with Crippen LogP contribution in [-0.4, -0.2) is 17.5 Å². The second-order valence-electron chi connectivity index (χ2n) is 6.89. The average molecular weight is 396 g/mol. The third kappa shape index (κ3) is 4.44. The van der Waals surface area contributed by atoms with Gasteiger partial charge in [0.05, 0.1) is 18.6 Å². The average Bonchev–Trinajstić information content (AvgIpc) is 3.39. The lowest BCUT2D eigenvalue weighted by molar-refractivity contribution is 0.340. The SMILES string of the molecule is CCOc1ccc(N=c2scc(-c3ccco3)n2N=CC2CCCCC2)cc1. The van der Waals surface area contributed by atoms with Crippen molar-refractivity contribution in [3.63, 3.8) is 0 Å². The van der Waals surface area contributed by atoms with Crippen molar-refractivity contribution in [2.45, 2.75) is 39.0 Å². The second kappa shape index (κ2) is 9.06. The summed E-state index contributed by atoms with van der Waals surface area (Å²) < 4.78 is 13.0. The summed E-state index contributed by atoms with van der Waals surface area (Å²) in [6, 6.07) is 11.7. The predicted octanol–water partition coefficient (Wildman–Crippen LogP) is 5.85. The Hall–Kier alpha value is -2.60. The van der Waals surface area contributed by atoms with Crippen molar-refractivity contribution in [2.24, 2.45) is 16.0 Å². The molecule has 0 bridgehead atoms. The molecule has 1 saturated carbocycles. The number of aromatic nitrogens is 1. The number of furan rings is 1. The summed E-state index contributed by atoms with van der Waals surface area (Å²) in [5.74, 6) is 2.20. The Bertz CT molecular complexity index is 962. The van der Waals surface area contributed by atoms with Crippen LogP contribution in [-0.2, 0) is 0 Å². The molecule has 28 heavy (non-hydrogen) atoms. The van der Waals surface area contributed by atoms with Crippen LogP contribution in [0.25, 0.3) is 11.5 Å². The van der Waals surface area contributed by atoms with Gasteiger partial charge in [-0.05, 0) is 62.1 Å². The molecule has 0 radical (unpaired) electrons. The molecule has 0 unspecified atom stereocenters. The summed E-state index contributed by atoms with van der Waals surface area (Å²) in [4.78, 5) is 5.63. The van der Waals surface area contributed by atoms with Crippen LogP contribution in [0.15, 0.2) is 62.6 Å². The fourth-order valence-electron chi connectivity index (χ4n) is 3.42. The lowest BCUT2D eigenvalue weighted by Crippen LogP contribution is -2.14. The highest BCUT2D eigenvalue weighted by molar-refractivity contribution is 7.07. The monoisotopic (exact) mass is 395 g/mol. The van der Waals surface area contributed by atoms with Crippen LogP contribution in [0.4, 0.5) is 5.69 Å². The lowest BCUT2D eigenvalue weighted by Gasteiger charge is -2.16. The van der Waals surface area contributed by atoms with Gasteiger partial charge < -0.3 is 9.15 Å². The van der Waals surface area contributed by atoms with Gasteiger partial charge in [-0.3, -0.25) is 0 Å². The van der Waals surface area contributed by atoms with E-state index >= 15 is 0 Å². The van der Waals surface area contributed by atoms with Gasteiger partial charge in [-0.25, -0.2) is 9.67 Å². The van der Waals surface area contributed by atoms with Crippen LogP contribution in [0.1, 0.15) is 39.0 Å². The van der Waals surface area contributed by atoms with Crippen molar-refractivity contribution < 1.29 is 9.15 Å². The van der Waals surface area contributed by atoms with Gasteiger partial charge >= 0.3 is 0 Å². The van der Waals surface area contributed by atoms with Gasteiger partial charge in [0.1, 0.15) is 11.4 Å². The van der Waals surface area contributed by atoms with E-state index in [0.29, 0.717) is 12.5 Å². The number of rotatable bonds is 6. The summed E-state index contributed by atoms with van der Waals surface area (Å²) in [5.41, 5.74) is 1.80. The molecule has 2 aromatic heterocycles. The largest absolute Gasteiger partial charge is 0.494 e. The number of hydrogen-bond acceptors (Lipinski definition) is 5. The molecule has 6 heteroatoms. The minimum Gasteiger partial charge on any atom is -0.494 e. The van der Waals surface area contributed by atoms with E-state index in [2.05, 4.69) is 6.21 Å². The standard InChI is InChI=1S/C22H25N3O2S/c1-2-26-19-12-10-18(11-13-19)24-22-25(23-15-17-7-4-3-5-8-17)20(16-28-22)21-9-6-14-27-21/h6,9-17H,2-5,7-8H2,1H3. The predicted molar refractivity (Wildman–Crippen MR) is 113 cm³/mol. The molecule has 1 aromatic carbocycles. The number of nitrogens with zero attached hydrogens (tertiary/aromatic N) is 3. The second-order valence-corrected chi connectivity index (χ2v) is 7.73. The molecular formula is C22H25N3O2S. The van der Waals surface area contributed by atoms with E-state index in [4.69, 9.17) is 19.2 Å². The lowest BCUT2D eigenvalue weighted by atomic mass is 9.90.